The highest BCUT2D eigenvalue weighted by atomic mass is 35.5. The molecule has 0 bridgehead atoms. The molecule has 7 nitrogen and oxygen atoms in total. The van der Waals surface area contributed by atoms with Crippen LogP contribution in [0, 0.1) is 6.92 Å². The van der Waals surface area contributed by atoms with Gasteiger partial charge in [0.2, 0.25) is 5.88 Å². The number of carbonyl (C=O) groups excluding carboxylic acids is 1. The predicted molar refractivity (Wildman–Crippen MR) is 81.3 cm³/mol. The maximum Gasteiger partial charge on any atom is 0.273 e. The zero-order chi connectivity index (χ0) is 15.5. The second kappa shape index (κ2) is 6.39. The minimum atomic E-state index is -0.266. The van der Waals surface area contributed by atoms with E-state index < -0.39 is 0 Å². The SMILES string of the molecule is Cc1nccn1CCCNC(=O)c1nn2c(c1Cl)OCCC2. The highest BCUT2D eigenvalue weighted by Gasteiger charge is 2.24. The predicted octanol–water partition coefficient (Wildman–Crippen LogP) is 1.64. The van der Waals surface area contributed by atoms with Gasteiger partial charge < -0.3 is 14.6 Å². The van der Waals surface area contributed by atoms with E-state index in [0.717, 1.165) is 31.8 Å². The number of carbonyl (C=O) groups is 1. The van der Waals surface area contributed by atoms with Crippen LogP contribution in [0.2, 0.25) is 5.02 Å². The van der Waals surface area contributed by atoms with Crippen LogP contribution >= 0.6 is 11.6 Å². The smallest absolute Gasteiger partial charge is 0.273 e. The van der Waals surface area contributed by atoms with Crippen molar-refractivity contribution < 1.29 is 9.53 Å². The van der Waals surface area contributed by atoms with Gasteiger partial charge in [0.25, 0.3) is 5.91 Å². The highest BCUT2D eigenvalue weighted by molar-refractivity contribution is 6.34. The van der Waals surface area contributed by atoms with E-state index in [9.17, 15) is 4.79 Å². The Morgan fingerprint density at radius 3 is 3.14 bits per heavy atom. The highest BCUT2D eigenvalue weighted by Crippen LogP contribution is 2.30. The number of imidazole rings is 1. The van der Waals surface area contributed by atoms with Crippen LogP contribution in [0.3, 0.4) is 0 Å². The van der Waals surface area contributed by atoms with Gasteiger partial charge in [-0.15, -0.1) is 0 Å². The Bertz CT molecular complexity index is 679. The summed E-state index contributed by atoms with van der Waals surface area (Å²) in [5, 5.41) is 7.36. The summed E-state index contributed by atoms with van der Waals surface area (Å²) < 4.78 is 9.14. The number of hydrogen-bond donors (Lipinski definition) is 1. The van der Waals surface area contributed by atoms with E-state index in [0.29, 0.717) is 24.1 Å². The Morgan fingerprint density at radius 1 is 1.55 bits per heavy atom. The fourth-order valence-electron chi connectivity index (χ4n) is 2.42. The van der Waals surface area contributed by atoms with Crippen molar-refractivity contribution in [2.45, 2.75) is 32.9 Å². The summed E-state index contributed by atoms with van der Waals surface area (Å²) in [6.45, 7) is 4.64. The van der Waals surface area contributed by atoms with Crippen molar-refractivity contribution >= 4 is 17.5 Å². The lowest BCUT2D eigenvalue weighted by atomic mass is 10.3. The van der Waals surface area contributed by atoms with Crippen LogP contribution in [-0.4, -0.2) is 38.4 Å². The maximum atomic E-state index is 12.2. The van der Waals surface area contributed by atoms with E-state index in [1.807, 2.05) is 17.7 Å². The molecule has 1 amide bonds. The minimum absolute atomic E-state index is 0.234. The average molecular weight is 324 g/mol. The lowest BCUT2D eigenvalue weighted by Gasteiger charge is -2.14. The first kappa shape index (κ1) is 14.9. The second-order valence-electron chi connectivity index (χ2n) is 5.17. The van der Waals surface area contributed by atoms with E-state index in [1.165, 1.54) is 0 Å². The van der Waals surface area contributed by atoms with Crippen LogP contribution < -0.4 is 10.1 Å². The molecule has 3 heterocycles. The van der Waals surface area contributed by atoms with Crippen molar-refractivity contribution in [1.82, 2.24) is 24.6 Å². The number of halogens is 1. The molecule has 0 saturated heterocycles. The van der Waals surface area contributed by atoms with Crippen molar-refractivity contribution in [3.05, 3.63) is 28.9 Å². The van der Waals surface area contributed by atoms with Gasteiger partial charge in [-0.05, 0) is 13.3 Å². The Morgan fingerprint density at radius 2 is 2.41 bits per heavy atom. The fourth-order valence-corrected chi connectivity index (χ4v) is 2.69. The van der Waals surface area contributed by atoms with Gasteiger partial charge in [0.15, 0.2) is 5.69 Å². The molecule has 0 fully saturated rings. The quantitative estimate of drug-likeness (QED) is 0.849. The molecule has 8 heteroatoms. The molecule has 0 aromatic carbocycles. The van der Waals surface area contributed by atoms with Gasteiger partial charge in [-0.1, -0.05) is 11.6 Å². The van der Waals surface area contributed by atoms with E-state index in [-0.39, 0.29) is 11.6 Å². The van der Waals surface area contributed by atoms with Crippen LogP contribution in [0.25, 0.3) is 0 Å². The van der Waals surface area contributed by atoms with Gasteiger partial charge >= 0.3 is 0 Å². The lowest BCUT2D eigenvalue weighted by molar-refractivity contribution is 0.0947. The number of ether oxygens (including phenoxy) is 1. The summed E-state index contributed by atoms with van der Waals surface area (Å²) >= 11 is 6.17. The van der Waals surface area contributed by atoms with Gasteiger partial charge in [-0.2, -0.15) is 5.10 Å². The van der Waals surface area contributed by atoms with Crippen LogP contribution in [-0.2, 0) is 13.1 Å². The molecule has 0 aliphatic carbocycles. The van der Waals surface area contributed by atoms with Crippen molar-refractivity contribution in [3.63, 3.8) is 0 Å². The summed E-state index contributed by atoms with van der Waals surface area (Å²) in [5.41, 5.74) is 0.234. The van der Waals surface area contributed by atoms with E-state index in [4.69, 9.17) is 16.3 Å². The Labute approximate surface area is 133 Å². The zero-order valence-corrected chi connectivity index (χ0v) is 13.1. The summed E-state index contributed by atoms with van der Waals surface area (Å²) in [7, 11) is 0. The molecule has 1 N–H and O–H groups in total. The molecule has 0 radical (unpaired) electrons. The molecule has 0 spiro atoms. The molecule has 0 atom stereocenters. The van der Waals surface area contributed by atoms with Crippen LogP contribution in [0.15, 0.2) is 12.4 Å². The number of nitrogens with zero attached hydrogens (tertiary/aromatic N) is 4. The first-order valence-electron chi connectivity index (χ1n) is 7.32. The molecule has 0 saturated carbocycles. The number of hydrogen-bond acceptors (Lipinski definition) is 4. The largest absolute Gasteiger partial charge is 0.477 e. The first-order chi connectivity index (χ1) is 10.7. The standard InChI is InChI=1S/C14H18ClN5O2/c1-10-16-5-8-19(10)6-2-4-17-13(21)12-11(15)14-20(18-12)7-3-9-22-14/h5,8H,2-4,6-7,9H2,1H3,(H,17,21). The molecule has 0 unspecified atom stereocenters. The third kappa shape index (κ3) is 2.94. The third-order valence-electron chi connectivity index (χ3n) is 3.60. The Balaban J connectivity index is 1.54. The monoisotopic (exact) mass is 323 g/mol. The molecular weight excluding hydrogens is 306 g/mol. The van der Waals surface area contributed by atoms with Crippen molar-refractivity contribution in [1.29, 1.82) is 0 Å². The van der Waals surface area contributed by atoms with Gasteiger partial charge in [-0.3, -0.25) is 4.79 Å². The number of rotatable bonds is 5. The van der Waals surface area contributed by atoms with Gasteiger partial charge in [-0.25, -0.2) is 9.67 Å². The molecule has 2 aromatic rings. The van der Waals surface area contributed by atoms with Crippen LogP contribution in [0.5, 0.6) is 5.88 Å². The Hall–Kier alpha value is -2.02. The summed E-state index contributed by atoms with van der Waals surface area (Å²) in [5.74, 6) is 1.19. The molecule has 118 valence electrons. The molecular formula is C14H18ClN5O2. The van der Waals surface area contributed by atoms with Crippen LogP contribution in [0.4, 0.5) is 0 Å². The summed E-state index contributed by atoms with van der Waals surface area (Å²) in [6, 6.07) is 0. The normalized spacial score (nSPS) is 13.5. The third-order valence-corrected chi connectivity index (χ3v) is 3.94. The molecule has 22 heavy (non-hydrogen) atoms. The average Bonchev–Trinajstić information content (AvgIpc) is 3.08. The number of amides is 1. The number of fused-ring (bicyclic) bond motifs is 1. The van der Waals surface area contributed by atoms with Crippen LogP contribution in [0.1, 0.15) is 29.2 Å². The molecule has 2 aromatic heterocycles. The summed E-state index contributed by atoms with van der Waals surface area (Å²) in [6.07, 6.45) is 5.37. The van der Waals surface area contributed by atoms with Crippen molar-refractivity contribution in [3.8, 4) is 5.88 Å². The minimum Gasteiger partial charge on any atom is -0.477 e. The zero-order valence-electron chi connectivity index (χ0n) is 12.4. The Kier molecular flexibility index (Phi) is 4.33. The van der Waals surface area contributed by atoms with Gasteiger partial charge in [0.05, 0.1) is 6.61 Å². The van der Waals surface area contributed by atoms with Crippen molar-refractivity contribution in [2.75, 3.05) is 13.2 Å². The topological polar surface area (TPSA) is 74.0 Å². The number of aryl methyl sites for hydroxylation is 3. The fraction of sp³-hybridized carbons (Fsp3) is 0.500. The van der Waals surface area contributed by atoms with E-state index in [1.54, 1.807) is 10.9 Å². The number of nitrogens with one attached hydrogen (secondary N) is 1. The van der Waals surface area contributed by atoms with Gasteiger partial charge in [0.1, 0.15) is 10.8 Å². The maximum absolute atomic E-state index is 12.2. The first-order valence-corrected chi connectivity index (χ1v) is 7.69. The lowest BCUT2D eigenvalue weighted by Crippen LogP contribution is -2.26. The second-order valence-corrected chi connectivity index (χ2v) is 5.55. The molecule has 1 aliphatic heterocycles. The van der Waals surface area contributed by atoms with E-state index in [2.05, 4.69) is 15.4 Å². The molecule has 1 aliphatic rings. The van der Waals surface area contributed by atoms with E-state index >= 15 is 0 Å². The van der Waals surface area contributed by atoms with Crippen molar-refractivity contribution in [2.24, 2.45) is 0 Å². The number of aromatic nitrogens is 4. The summed E-state index contributed by atoms with van der Waals surface area (Å²) in [4.78, 5) is 16.3. The van der Waals surface area contributed by atoms with Gasteiger partial charge in [0, 0.05) is 38.4 Å². The molecule has 3 rings (SSSR count).